The minimum Gasteiger partial charge on any atom is -0.364 e. The Morgan fingerprint density at radius 2 is 2.00 bits per heavy atom. The van der Waals surface area contributed by atoms with Crippen molar-refractivity contribution in [2.45, 2.75) is 0 Å². The highest BCUT2D eigenvalue weighted by atomic mass is 79.9. The van der Waals surface area contributed by atoms with Crippen molar-refractivity contribution >= 4 is 37.8 Å². The number of hydrogen-bond acceptors (Lipinski definition) is 3. The number of primary amides is 1. The molecule has 1 aromatic heterocycles. The van der Waals surface area contributed by atoms with Crippen molar-refractivity contribution in [1.29, 1.82) is 0 Å². The molecule has 1 amide bonds. The van der Waals surface area contributed by atoms with Gasteiger partial charge in [0, 0.05) is 10.0 Å². The molecule has 88 valence electrons. The van der Waals surface area contributed by atoms with E-state index in [2.05, 4.69) is 47.3 Å². The molecule has 3 N–H and O–H groups in total. The summed E-state index contributed by atoms with van der Waals surface area (Å²) in [4.78, 5) is 11.1. The molecule has 1 aromatic carbocycles. The van der Waals surface area contributed by atoms with Crippen molar-refractivity contribution in [2.75, 3.05) is 0 Å². The maximum atomic E-state index is 13.2. The molecule has 8 heteroatoms. The number of aromatic nitrogens is 3. The molecule has 0 spiro atoms. The Balaban J connectivity index is 2.64. The fourth-order valence-corrected chi connectivity index (χ4v) is 2.14. The van der Waals surface area contributed by atoms with Crippen molar-refractivity contribution < 1.29 is 9.18 Å². The van der Waals surface area contributed by atoms with Gasteiger partial charge in [0.25, 0.3) is 5.91 Å². The Hall–Kier alpha value is -1.28. The Bertz CT molecular complexity index is 599. The Morgan fingerprint density at radius 3 is 2.65 bits per heavy atom. The standard InChI is InChI=1S/C9H5Br2FN4O/c10-4-2-6(12)5(11)1-3(4)7-8(9(13)17)15-16-14-7/h1-2H,(H2,13,17)(H,14,15,16). The van der Waals surface area contributed by atoms with Gasteiger partial charge in [-0.2, -0.15) is 15.4 Å². The van der Waals surface area contributed by atoms with Crippen molar-refractivity contribution in [3.05, 3.63) is 32.6 Å². The molecule has 1 heterocycles. The third-order valence-electron chi connectivity index (χ3n) is 2.05. The summed E-state index contributed by atoms with van der Waals surface area (Å²) in [6.07, 6.45) is 0. The van der Waals surface area contributed by atoms with Gasteiger partial charge in [0.1, 0.15) is 11.5 Å². The molecule has 0 unspecified atom stereocenters. The van der Waals surface area contributed by atoms with E-state index in [1.165, 1.54) is 12.1 Å². The highest BCUT2D eigenvalue weighted by Gasteiger charge is 2.18. The van der Waals surface area contributed by atoms with Crippen LogP contribution in [0.15, 0.2) is 21.1 Å². The Labute approximate surface area is 112 Å². The van der Waals surface area contributed by atoms with Gasteiger partial charge in [-0.25, -0.2) is 4.39 Å². The van der Waals surface area contributed by atoms with Crippen molar-refractivity contribution in [3.63, 3.8) is 0 Å². The normalized spacial score (nSPS) is 10.5. The number of halogens is 3. The first kappa shape index (κ1) is 12.2. The van der Waals surface area contributed by atoms with E-state index < -0.39 is 11.7 Å². The van der Waals surface area contributed by atoms with E-state index in [1.807, 2.05) is 0 Å². The molecule has 0 saturated carbocycles. The average molecular weight is 364 g/mol. The van der Waals surface area contributed by atoms with Gasteiger partial charge in [-0.1, -0.05) is 0 Å². The molecular weight excluding hydrogens is 359 g/mol. The fourth-order valence-electron chi connectivity index (χ4n) is 1.29. The van der Waals surface area contributed by atoms with E-state index in [-0.39, 0.29) is 15.9 Å². The van der Waals surface area contributed by atoms with Crippen LogP contribution in [0.1, 0.15) is 10.5 Å². The predicted molar refractivity (Wildman–Crippen MR) is 65.7 cm³/mol. The number of H-pyrrole nitrogens is 1. The summed E-state index contributed by atoms with van der Waals surface area (Å²) in [6.45, 7) is 0. The molecule has 0 bridgehead atoms. The zero-order valence-electron chi connectivity index (χ0n) is 8.17. The lowest BCUT2D eigenvalue weighted by Gasteiger charge is -2.04. The second kappa shape index (κ2) is 4.53. The first-order chi connectivity index (χ1) is 8.00. The van der Waals surface area contributed by atoms with Gasteiger partial charge < -0.3 is 5.73 Å². The number of nitrogens with one attached hydrogen (secondary N) is 1. The van der Waals surface area contributed by atoms with Crippen LogP contribution in [0.3, 0.4) is 0 Å². The molecule has 0 fully saturated rings. The summed E-state index contributed by atoms with van der Waals surface area (Å²) in [5, 5.41) is 9.78. The number of aromatic amines is 1. The van der Waals surface area contributed by atoms with Crippen molar-refractivity contribution in [3.8, 4) is 11.3 Å². The number of nitrogens with zero attached hydrogens (tertiary/aromatic N) is 2. The summed E-state index contributed by atoms with van der Waals surface area (Å²) >= 11 is 6.25. The fraction of sp³-hybridized carbons (Fsp3) is 0. The number of carbonyl (C=O) groups excluding carboxylic acids is 1. The largest absolute Gasteiger partial charge is 0.364 e. The van der Waals surface area contributed by atoms with Gasteiger partial charge in [0.05, 0.1) is 4.47 Å². The molecule has 0 radical (unpaired) electrons. The molecular formula is C9H5Br2FN4O. The number of benzene rings is 1. The van der Waals surface area contributed by atoms with Crippen LogP contribution in [-0.2, 0) is 0 Å². The monoisotopic (exact) mass is 362 g/mol. The maximum absolute atomic E-state index is 13.2. The van der Waals surface area contributed by atoms with E-state index in [1.54, 1.807) is 0 Å². The lowest BCUT2D eigenvalue weighted by Crippen LogP contribution is -2.12. The van der Waals surface area contributed by atoms with Crippen LogP contribution in [0.25, 0.3) is 11.3 Å². The third kappa shape index (κ3) is 2.22. The van der Waals surface area contributed by atoms with Gasteiger partial charge >= 0.3 is 0 Å². The van der Waals surface area contributed by atoms with Crippen molar-refractivity contribution in [1.82, 2.24) is 15.4 Å². The van der Waals surface area contributed by atoms with Gasteiger partial charge in [-0.3, -0.25) is 4.79 Å². The number of rotatable bonds is 2. The Morgan fingerprint density at radius 1 is 1.29 bits per heavy atom. The van der Waals surface area contributed by atoms with Crippen LogP contribution >= 0.6 is 31.9 Å². The van der Waals surface area contributed by atoms with Crippen LogP contribution in [-0.4, -0.2) is 21.3 Å². The molecule has 5 nitrogen and oxygen atoms in total. The lowest BCUT2D eigenvalue weighted by atomic mass is 10.1. The maximum Gasteiger partial charge on any atom is 0.271 e. The quantitative estimate of drug-likeness (QED) is 0.802. The SMILES string of the molecule is NC(=O)c1n[nH]nc1-c1cc(Br)c(F)cc1Br. The molecule has 0 aliphatic heterocycles. The molecule has 2 rings (SSSR count). The smallest absolute Gasteiger partial charge is 0.271 e. The number of nitrogens with two attached hydrogens (primary N) is 1. The van der Waals surface area contributed by atoms with E-state index in [9.17, 15) is 9.18 Å². The van der Waals surface area contributed by atoms with Gasteiger partial charge in [-0.05, 0) is 44.0 Å². The molecule has 0 saturated heterocycles. The van der Waals surface area contributed by atoms with Gasteiger partial charge in [0.15, 0.2) is 5.69 Å². The summed E-state index contributed by atoms with van der Waals surface area (Å²) in [6, 6.07) is 2.75. The third-order valence-corrected chi connectivity index (χ3v) is 3.31. The number of carbonyl (C=O) groups is 1. The minimum atomic E-state index is -0.707. The topological polar surface area (TPSA) is 84.7 Å². The molecule has 17 heavy (non-hydrogen) atoms. The predicted octanol–water partition coefficient (Wildman–Crippen LogP) is 2.23. The lowest BCUT2D eigenvalue weighted by molar-refractivity contribution is 0.0996. The molecule has 2 aromatic rings. The van der Waals surface area contributed by atoms with Crippen LogP contribution < -0.4 is 5.73 Å². The van der Waals surface area contributed by atoms with Crippen LogP contribution in [0.2, 0.25) is 0 Å². The second-order valence-electron chi connectivity index (χ2n) is 3.13. The highest BCUT2D eigenvalue weighted by molar-refractivity contribution is 9.11. The first-order valence-corrected chi connectivity index (χ1v) is 5.94. The number of hydrogen-bond donors (Lipinski definition) is 2. The van der Waals surface area contributed by atoms with E-state index >= 15 is 0 Å². The summed E-state index contributed by atoms with van der Waals surface area (Å²) < 4.78 is 14.0. The first-order valence-electron chi connectivity index (χ1n) is 4.36. The minimum absolute atomic E-state index is 0.00390. The summed E-state index contributed by atoms with van der Waals surface area (Å²) in [7, 11) is 0. The summed E-state index contributed by atoms with van der Waals surface area (Å²) in [5.74, 6) is -1.13. The molecule has 0 atom stereocenters. The average Bonchev–Trinajstić information content (AvgIpc) is 2.72. The van der Waals surface area contributed by atoms with Crippen molar-refractivity contribution in [2.24, 2.45) is 5.73 Å². The zero-order valence-corrected chi connectivity index (χ0v) is 11.3. The van der Waals surface area contributed by atoms with Crippen LogP contribution in [0.4, 0.5) is 4.39 Å². The highest BCUT2D eigenvalue weighted by Crippen LogP contribution is 2.32. The van der Waals surface area contributed by atoms with Crippen LogP contribution in [0.5, 0.6) is 0 Å². The van der Waals surface area contributed by atoms with E-state index in [4.69, 9.17) is 5.73 Å². The van der Waals surface area contributed by atoms with E-state index in [0.29, 0.717) is 10.0 Å². The Kier molecular flexibility index (Phi) is 3.25. The summed E-state index contributed by atoms with van der Waals surface area (Å²) in [5.41, 5.74) is 5.94. The zero-order chi connectivity index (χ0) is 12.6. The van der Waals surface area contributed by atoms with Crippen LogP contribution in [0, 0.1) is 5.82 Å². The van der Waals surface area contributed by atoms with Gasteiger partial charge in [0.2, 0.25) is 0 Å². The van der Waals surface area contributed by atoms with Gasteiger partial charge in [-0.15, -0.1) is 0 Å². The molecule has 0 aliphatic carbocycles. The van der Waals surface area contributed by atoms with E-state index in [0.717, 1.165) is 0 Å². The number of amides is 1. The second-order valence-corrected chi connectivity index (χ2v) is 4.84. The molecule has 0 aliphatic rings.